The molecule has 5 nitrogen and oxygen atoms in total. The Labute approximate surface area is 130 Å². The van der Waals surface area contributed by atoms with E-state index in [4.69, 9.17) is 0 Å². The summed E-state index contributed by atoms with van der Waals surface area (Å²) in [5.41, 5.74) is 4.33. The summed E-state index contributed by atoms with van der Waals surface area (Å²) in [6, 6.07) is 4.51. The minimum atomic E-state index is 0.0398. The smallest absolute Gasteiger partial charge is 0.268 e. The van der Waals surface area contributed by atoms with E-state index in [2.05, 4.69) is 15.0 Å². The third-order valence-electron chi connectivity index (χ3n) is 4.90. The molecule has 2 aliphatic carbocycles. The van der Waals surface area contributed by atoms with Gasteiger partial charge in [-0.15, -0.1) is 0 Å². The molecule has 0 aromatic carbocycles. The molecule has 1 saturated carbocycles. The number of nitrogens with zero attached hydrogens (tertiary/aromatic N) is 3. The van der Waals surface area contributed by atoms with Crippen LogP contribution < -0.4 is 5.32 Å². The van der Waals surface area contributed by atoms with Crippen molar-refractivity contribution in [3.05, 3.63) is 41.0 Å². The number of nitrogens with one attached hydrogen (secondary N) is 1. The van der Waals surface area contributed by atoms with Crippen molar-refractivity contribution in [2.24, 2.45) is 7.05 Å². The molecule has 5 heteroatoms. The summed E-state index contributed by atoms with van der Waals surface area (Å²) in [7, 11) is 1.99. The highest BCUT2D eigenvalue weighted by Gasteiger charge is 2.30. The quantitative estimate of drug-likeness (QED) is 0.947. The number of aromatic nitrogens is 3. The first-order chi connectivity index (χ1) is 10.6. The highest BCUT2D eigenvalue weighted by atomic mass is 16.2. The topological polar surface area (TPSA) is 51.9 Å². The fourth-order valence-electron chi connectivity index (χ4n) is 3.72. The second-order valence-electron chi connectivity index (χ2n) is 6.52. The highest BCUT2D eigenvalue weighted by Crippen LogP contribution is 2.36. The maximum Gasteiger partial charge on any atom is 0.268 e. The van der Waals surface area contributed by atoms with Crippen molar-refractivity contribution in [1.29, 1.82) is 0 Å². The third-order valence-corrected chi connectivity index (χ3v) is 4.90. The Balaban J connectivity index is 1.59. The minimum Gasteiger partial charge on any atom is -0.344 e. The van der Waals surface area contributed by atoms with Crippen molar-refractivity contribution in [2.45, 2.75) is 51.1 Å². The fourth-order valence-corrected chi connectivity index (χ4v) is 3.72. The first-order valence-corrected chi connectivity index (χ1v) is 8.15. The van der Waals surface area contributed by atoms with E-state index in [0.717, 1.165) is 30.7 Å². The van der Waals surface area contributed by atoms with Gasteiger partial charge in [0.25, 0.3) is 5.91 Å². The lowest BCUT2D eigenvalue weighted by Gasteiger charge is -2.24. The van der Waals surface area contributed by atoms with E-state index in [9.17, 15) is 4.79 Å². The highest BCUT2D eigenvalue weighted by molar-refractivity contribution is 5.93. The standard InChI is InChI=1S/C17H22N4O/c1-11-16-13(5-3-6-14(16)20(2)19-11)18-17(22)15-7-4-10-21(15)12-8-9-12/h4,7,10,12-13H,3,5-6,8-9H2,1-2H3,(H,18,22). The third kappa shape index (κ3) is 2.16. The molecule has 22 heavy (non-hydrogen) atoms. The van der Waals surface area contributed by atoms with E-state index in [1.165, 1.54) is 24.1 Å². The van der Waals surface area contributed by atoms with Crippen LogP contribution in [0.2, 0.25) is 0 Å². The number of fused-ring (bicyclic) bond motifs is 1. The molecule has 0 spiro atoms. The monoisotopic (exact) mass is 298 g/mol. The van der Waals surface area contributed by atoms with Gasteiger partial charge in [-0.3, -0.25) is 9.48 Å². The molecule has 2 aromatic rings. The van der Waals surface area contributed by atoms with Gasteiger partial charge in [-0.05, 0) is 51.2 Å². The van der Waals surface area contributed by atoms with Crippen molar-refractivity contribution in [1.82, 2.24) is 19.7 Å². The molecule has 2 heterocycles. The second kappa shape index (κ2) is 5.00. The summed E-state index contributed by atoms with van der Waals surface area (Å²) in [6.07, 6.45) is 7.54. The van der Waals surface area contributed by atoms with Crippen LogP contribution in [0.3, 0.4) is 0 Å². The van der Waals surface area contributed by atoms with Crippen LogP contribution in [-0.4, -0.2) is 20.3 Å². The Morgan fingerprint density at radius 1 is 1.36 bits per heavy atom. The van der Waals surface area contributed by atoms with Gasteiger partial charge in [0.15, 0.2) is 0 Å². The summed E-state index contributed by atoms with van der Waals surface area (Å²) in [4.78, 5) is 12.7. The van der Waals surface area contributed by atoms with Crippen molar-refractivity contribution >= 4 is 5.91 Å². The van der Waals surface area contributed by atoms with Gasteiger partial charge in [-0.1, -0.05) is 0 Å². The number of amides is 1. The van der Waals surface area contributed by atoms with Crippen LogP contribution in [0.15, 0.2) is 18.3 Å². The summed E-state index contributed by atoms with van der Waals surface area (Å²) in [5, 5.41) is 7.77. The molecule has 1 N–H and O–H groups in total. The Hall–Kier alpha value is -2.04. The SMILES string of the molecule is Cc1nn(C)c2c1C(NC(=O)c1cccn1C1CC1)CCC2. The molecule has 0 radical (unpaired) electrons. The van der Waals surface area contributed by atoms with Crippen LogP contribution in [-0.2, 0) is 13.5 Å². The van der Waals surface area contributed by atoms with Gasteiger partial charge in [-0.2, -0.15) is 5.10 Å². The Kier molecular flexibility index (Phi) is 3.10. The number of carbonyl (C=O) groups excluding carboxylic acids is 1. The second-order valence-corrected chi connectivity index (χ2v) is 6.52. The Bertz CT molecular complexity index is 723. The lowest BCUT2D eigenvalue weighted by molar-refractivity contribution is 0.0923. The molecule has 4 rings (SSSR count). The Morgan fingerprint density at radius 3 is 2.95 bits per heavy atom. The molecule has 1 atom stereocenters. The van der Waals surface area contributed by atoms with E-state index < -0.39 is 0 Å². The number of hydrogen-bond acceptors (Lipinski definition) is 2. The first-order valence-electron chi connectivity index (χ1n) is 8.15. The minimum absolute atomic E-state index is 0.0398. The lowest BCUT2D eigenvalue weighted by atomic mass is 9.91. The van der Waals surface area contributed by atoms with E-state index in [-0.39, 0.29) is 11.9 Å². The molecule has 2 aliphatic rings. The fraction of sp³-hybridized carbons (Fsp3) is 0.529. The molecule has 0 saturated heterocycles. The maximum absolute atomic E-state index is 12.7. The van der Waals surface area contributed by atoms with Gasteiger partial charge in [0.1, 0.15) is 5.69 Å². The normalized spacial score (nSPS) is 20.7. The molecular formula is C17H22N4O. The Morgan fingerprint density at radius 2 is 2.18 bits per heavy atom. The first kappa shape index (κ1) is 13.6. The number of hydrogen-bond donors (Lipinski definition) is 1. The van der Waals surface area contributed by atoms with Crippen LogP contribution in [0.4, 0.5) is 0 Å². The predicted molar refractivity (Wildman–Crippen MR) is 83.8 cm³/mol. The van der Waals surface area contributed by atoms with Gasteiger partial charge in [-0.25, -0.2) is 0 Å². The lowest BCUT2D eigenvalue weighted by Crippen LogP contribution is -2.32. The van der Waals surface area contributed by atoms with Gasteiger partial charge in [0, 0.05) is 30.5 Å². The van der Waals surface area contributed by atoms with Crippen LogP contribution in [0.1, 0.15) is 65.2 Å². The van der Waals surface area contributed by atoms with E-state index in [1.807, 2.05) is 37.0 Å². The van der Waals surface area contributed by atoms with E-state index in [0.29, 0.717) is 6.04 Å². The summed E-state index contributed by atoms with van der Waals surface area (Å²) < 4.78 is 4.09. The predicted octanol–water partition coefficient (Wildman–Crippen LogP) is 2.67. The van der Waals surface area contributed by atoms with Gasteiger partial charge < -0.3 is 9.88 Å². The van der Waals surface area contributed by atoms with E-state index in [1.54, 1.807) is 0 Å². The number of rotatable bonds is 3. The molecule has 2 aromatic heterocycles. The van der Waals surface area contributed by atoms with Crippen molar-refractivity contribution < 1.29 is 4.79 Å². The van der Waals surface area contributed by atoms with E-state index >= 15 is 0 Å². The molecule has 1 amide bonds. The van der Waals surface area contributed by atoms with Crippen molar-refractivity contribution in [3.63, 3.8) is 0 Å². The molecular weight excluding hydrogens is 276 g/mol. The maximum atomic E-state index is 12.7. The van der Waals surface area contributed by atoms with Crippen LogP contribution in [0.25, 0.3) is 0 Å². The average Bonchev–Trinajstić information content (AvgIpc) is 3.15. The van der Waals surface area contributed by atoms with Gasteiger partial charge in [0.05, 0.1) is 11.7 Å². The van der Waals surface area contributed by atoms with Crippen LogP contribution >= 0.6 is 0 Å². The zero-order valence-electron chi connectivity index (χ0n) is 13.2. The molecule has 0 bridgehead atoms. The van der Waals surface area contributed by atoms with Crippen molar-refractivity contribution in [3.8, 4) is 0 Å². The van der Waals surface area contributed by atoms with Crippen molar-refractivity contribution in [2.75, 3.05) is 0 Å². The van der Waals surface area contributed by atoms with Gasteiger partial charge >= 0.3 is 0 Å². The summed E-state index contributed by atoms with van der Waals surface area (Å²) in [6.45, 7) is 2.04. The number of aryl methyl sites for hydroxylation is 2. The molecule has 1 fully saturated rings. The van der Waals surface area contributed by atoms with Crippen LogP contribution in [0, 0.1) is 6.92 Å². The molecule has 0 aliphatic heterocycles. The zero-order chi connectivity index (χ0) is 15.3. The molecule has 116 valence electrons. The molecule has 1 unspecified atom stereocenters. The van der Waals surface area contributed by atoms with Crippen LogP contribution in [0.5, 0.6) is 0 Å². The zero-order valence-corrected chi connectivity index (χ0v) is 13.2. The summed E-state index contributed by atoms with van der Waals surface area (Å²) in [5.74, 6) is 0.0398. The summed E-state index contributed by atoms with van der Waals surface area (Å²) >= 11 is 0. The largest absolute Gasteiger partial charge is 0.344 e. The average molecular weight is 298 g/mol. The number of carbonyl (C=O) groups is 1. The van der Waals surface area contributed by atoms with Gasteiger partial charge in [0.2, 0.25) is 0 Å².